The molecular formula is C27H22F2N4O3S. The number of nitrogens with zero attached hydrogens (tertiary/aromatic N) is 3. The van der Waals surface area contributed by atoms with Crippen molar-refractivity contribution in [1.29, 1.82) is 0 Å². The lowest BCUT2D eigenvalue weighted by Gasteiger charge is -2.23. The SMILES string of the molecule is COc1ccc(NC(=O)C[C@H]2SC(N3N=C(c4ccc(F)cc4)C[C@@H]3c3ccc(F)cc3)=NC2=O)cc1. The Morgan fingerprint density at radius 2 is 1.68 bits per heavy atom. The van der Waals surface area contributed by atoms with Crippen molar-refractivity contribution in [1.82, 2.24) is 5.01 Å². The highest BCUT2D eigenvalue weighted by Gasteiger charge is 2.39. The number of carbonyl (C=O) groups excluding carboxylic acids is 2. The van der Waals surface area contributed by atoms with E-state index in [1.54, 1.807) is 60.6 Å². The number of anilines is 1. The van der Waals surface area contributed by atoms with Crippen molar-refractivity contribution in [3.63, 3.8) is 0 Å². The molecule has 0 aromatic heterocycles. The number of hydrogen-bond donors (Lipinski definition) is 1. The van der Waals surface area contributed by atoms with Gasteiger partial charge in [-0.1, -0.05) is 36.0 Å². The van der Waals surface area contributed by atoms with Crippen LogP contribution in [0.3, 0.4) is 0 Å². The highest BCUT2D eigenvalue weighted by molar-refractivity contribution is 8.15. The van der Waals surface area contributed by atoms with Crippen LogP contribution in [0.5, 0.6) is 5.75 Å². The third-order valence-electron chi connectivity index (χ3n) is 6.01. The summed E-state index contributed by atoms with van der Waals surface area (Å²) in [6, 6.07) is 18.6. The number of carbonyl (C=O) groups is 2. The van der Waals surface area contributed by atoms with Crippen molar-refractivity contribution in [3.8, 4) is 5.75 Å². The van der Waals surface area contributed by atoms with Gasteiger partial charge in [0, 0.05) is 18.5 Å². The van der Waals surface area contributed by atoms with E-state index < -0.39 is 11.2 Å². The van der Waals surface area contributed by atoms with Gasteiger partial charge in [0.05, 0.1) is 18.9 Å². The maximum atomic E-state index is 13.6. The molecule has 3 aromatic rings. The summed E-state index contributed by atoms with van der Waals surface area (Å²) in [4.78, 5) is 29.5. The zero-order valence-corrected chi connectivity index (χ0v) is 20.5. The minimum absolute atomic E-state index is 0.0634. The van der Waals surface area contributed by atoms with Crippen LogP contribution in [0.4, 0.5) is 14.5 Å². The maximum Gasteiger partial charge on any atom is 0.262 e. The van der Waals surface area contributed by atoms with E-state index >= 15 is 0 Å². The topological polar surface area (TPSA) is 83.4 Å². The highest BCUT2D eigenvalue weighted by Crippen LogP contribution is 2.38. The van der Waals surface area contributed by atoms with Crippen LogP contribution in [-0.2, 0) is 9.59 Å². The molecule has 2 heterocycles. The van der Waals surface area contributed by atoms with Gasteiger partial charge in [-0.15, -0.1) is 0 Å². The van der Waals surface area contributed by atoms with Crippen molar-refractivity contribution in [3.05, 3.63) is 95.6 Å². The molecule has 0 aliphatic carbocycles. The molecule has 37 heavy (non-hydrogen) atoms. The molecule has 2 atom stereocenters. The van der Waals surface area contributed by atoms with Gasteiger partial charge in [-0.05, 0) is 59.7 Å². The summed E-state index contributed by atoms with van der Waals surface area (Å²) >= 11 is 1.17. The number of aliphatic imine (C=N–C) groups is 1. The minimum atomic E-state index is -0.702. The molecule has 7 nitrogen and oxygen atoms in total. The Kier molecular flexibility index (Phi) is 7.00. The van der Waals surface area contributed by atoms with Gasteiger partial charge in [0.1, 0.15) is 22.6 Å². The maximum absolute atomic E-state index is 13.6. The molecule has 2 aliphatic rings. The van der Waals surface area contributed by atoms with Crippen LogP contribution in [-0.4, -0.2) is 40.1 Å². The third kappa shape index (κ3) is 5.54. The number of hydrazone groups is 1. The van der Waals surface area contributed by atoms with Crippen molar-refractivity contribution in [2.45, 2.75) is 24.1 Å². The average Bonchev–Trinajstić information content (AvgIpc) is 3.49. The molecule has 2 amide bonds. The van der Waals surface area contributed by atoms with Crippen molar-refractivity contribution < 1.29 is 23.1 Å². The molecule has 3 aromatic carbocycles. The average molecular weight is 521 g/mol. The second-order valence-electron chi connectivity index (χ2n) is 8.49. The van der Waals surface area contributed by atoms with E-state index in [1.165, 1.54) is 36.0 Å². The lowest BCUT2D eigenvalue weighted by atomic mass is 9.98. The predicted molar refractivity (Wildman–Crippen MR) is 139 cm³/mol. The highest BCUT2D eigenvalue weighted by atomic mass is 32.2. The van der Waals surface area contributed by atoms with Crippen LogP contribution in [0.2, 0.25) is 0 Å². The van der Waals surface area contributed by atoms with Gasteiger partial charge in [-0.2, -0.15) is 10.1 Å². The van der Waals surface area contributed by atoms with Gasteiger partial charge in [-0.25, -0.2) is 13.8 Å². The normalized spacial score (nSPS) is 19.0. The van der Waals surface area contributed by atoms with Gasteiger partial charge >= 0.3 is 0 Å². The van der Waals surface area contributed by atoms with Crippen LogP contribution in [0, 0.1) is 11.6 Å². The van der Waals surface area contributed by atoms with E-state index in [0.717, 1.165) is 11.1 Å². The zero-order chi connectivity index (χ0) is 25.9. The van der Waals surface area contributed by atoms with Gasteiger partial charge in [0.15, 0.2) is 5.17 Å². The summed E-state index contributed by atoms with van der Waals surface area (Å²) < 4.78 is 32.1. The van der Waals surface area contributed by atoms with Gasteiger partial charge in [-0.3, -0.25) is 9.59 Å². The smallest absolute Gasteiger partial charge is 0.262 e. The number of methoxy groups -OCH3 is 1. The van der Waals surface area contributed by atoms with E-state index in [1.807, 2.05) is 0 Å². The van der Waals surface area contributed by atoms with Crippen molar-refractivity contribution in [2.75, 3.05) is 12.4 Å². The summed E-state index contributed by atoms with van der Waals surface area (Å²) in [7, 11) is 1.56. The fourth-order valence-electron chi connectivity index (χ4n) is 4.11. The quantitative estimate of drug-likeness (QED) is 0.486. The van der Waals surface area contributed by atoms with E-state index in [-0.39, 0.29) is 30.0 Å². The number of nitrogens with one attached hydrogen (secondary N) is 1. The Bertz CT molecular complexity index is 1380. The van der Waals surface area contributed by atoms with E-state index in [2.05, 4.69) is 10.3 Å². The molecule has 0 saturated heterocycles. The first-order chi connectivity index (χ1) is 17.9. The van der Waals surface area contributed by atoms with E-state index in [4.69, 9.17) is 9.84 Å². The first-order valence-electron chi connectivity index (χ1n) is 11.5. The summed E-state index contributed by atoms with van der Waals surface area (Å²) in [5.74, 6) is -0.794. The molecule has 1 N–H and O–H groups in total. The van der Waals surface area contributed by atoms with Gasteiger partial charge in [0.2, 0.25) is 5.91 Å². The summed E-state index contributed by atoms with van der Waals surface area (Å²) in [6.45, 7) is 0. The molecule has 0 spiro atoms. The number of benzene rings is 3. The first kappa shape index (κ1) is 24.6. The van der Waals surface area contributed by atoms with E-state index in [9.17, 15) is 18.4 Å². The molecular weight excluding hydrogens is 498 g/mol. The van der Waals surface area contributed by atoms with Crippen LogP contribution >= 0.6 is 11.8 Å². The Morgan fingerprint density at radius 1 is 1.03 bits per heavy atom. The molecule has 0 fully saturated rings. The molecule has 0 radical (unpaired) electrons. The molecule has 5 rings (SSSR count). The number of halogens is 2. The van der Waals surface area contributed by atoms with E-state index in [0.29, 0.717) is 28.7 Å². The zero-order valence-electron chi connectivity index (χ0n) is 19.7. The number of ether oxygens (including phenoxy) is 1. The van der Waals surface area contributed by atoms with Crippen LogP contribution in [0.1, 0.15) is 30.0 Å². The monoisotopic (exact) mass is 520 g/mol. The van der Waals surface area contributed by atoms with Crippen LogP contribution < -0.4 is 10.1 Å². The van der Waals surface area contributed by atoms with Crippen molar-refractivity contribution >= 4 is 40.1 Å². The second-order valence-corrected chi connectivity index (χ2v) is 9.66. The Morgan fingerprint density at radius 3 is 2.32 bits per heavy atom. The number of hydrogen-bond acceptors (Lipinski definition) is 6. The summed E-state index contributed by atoms with van der Waals surface area (Å²) in [5, 5.41) is 8.77. The minimum Gasteiger partial charge on any atom is -0.497 e. The lowest BCUT2D eigenvalue weighted by molar-refractivity contribution is -0.121. The molecule has 10 heteroatoms. The summed E-state index contributed by atoms with van der Waals surface area (Å²) in [6.07, 6.45) is 0.389. The molecule has 0 unspecified atom stereocenters. The lowest BCUT2D eigenvalue weighted by Crippen LogP contribution is -2.25. The number of amides is 2. The fourth-order valence-corrected chi connectivity index (χ4v) is 5.17. The third-order valence-corrected chi connectivity index (χ3v) is 7.15. The van der Waals surface area contributed by atoms with Gasteiger partial charge < -0.3 is 10.1 Å². The largest absolute Gasteiger partial charge is 0.497 e. The number of thioether (sulfide) groups is 1. The van der Waals surface area contributed by atoms with Crippen LogP contribution in [0.15, 0.2) is 82.9 Å². The molecule has 0 bridgehead atoms. The molecule has 188 valence electrons. The Hall–Kier alpha value is -4.05. The number of rotatable bonds is 6. The second kappa shape index (κ2) is 10.5. The fraction of sp³-hybridized carbons (Fsp3) is 0.185. The first-order valence-corrected chi connectivity index (χ1v) is 12.4. The molecule has 0 saturated carbocycles. The molecule has 2 aliphatic heterocycles. The van der Waals surface area contributed by atoms with Gasteiger partial charge in [0.25, 0.3) is 5.91 Å². The number of amidine groups is 1. The summed E-state index contributed by atoms with van der Waals surface area (Å²) in [5.41, 5.74) is 2.80. The Balaban J connectivity index is 1.33. The standard InChI is InChI=1S/C27H22F2N4O3S/c1-36-21-12-10-20(11-13-21)30-25(34)15-24-26(35)31-27(37-24)33-23(17-4-8-19(29)9-5-17)14-22(32-33)16-2-6-18(28)7-3-16/h2-13,23-24H,14-15H2,1H3,(H,30,34)/t23-,24-/m1/s1. The van der Waals surface area contributed by atoms with Crippen LogP contribution in [0.25, 0.3) is 0 Å². The predicted octanol–water partition coefficient (Wildman–Crippen LogP) is 5.15. The van der Waals surface area contributed by atoms with Crippen molar-refractivity contribution in [2.24, 2.45) is 10.1 Å². The Labute approximate surface area is 216 Å².